The number of aromatic nitrogens is 3. The minimum absolute atomic E-state index is 0.0789. The lowest BCUT2D eigenvalue weighted by Crippen LogP contribution is -2.53. The number of hydrogen-bond acceptors (Lipinski definition) is 9. The van der Waals surface area contributed by atoms with Gasteiger partial charge in [0.1, 0.15) is 12.6 Å². The van der Waals surface area contributed by atoms with Crippen molar-refractivity contribution in [3.05, 3.63) is 117 Å². The fourth-order valence-corrected chi connectivity index (χ4v) is 6.84. The van der Waals surface area contributed by atoms with Crippen LogP contribution in [0.4, 0.5) is 9.59 Å². The molecule has 2 heterocycles. The maximum Gasteiger partial charge on any atom is 0.407 e. The largest absolute Gasteiger partial charge is 0.444 e. The number of nitrogens with one attached hydrogen (secondary N) is 3. The van der Waals surface area contributed by atoms with Crippen LogP contribution in [-0.2, 0) is 42.4 Å². The first-order valence-electron chi connectivity index (χ1n) is 17.7. The molecular formula is C39H52N8O4S2. The summed E-state index contributed by atoms with van der Waals surface area (Å²) in [5, 5.41) is 12.2. The van der Waals surface area contributed by atoms with Crippen molar-refractivity contribution < 1.29 is 19.1 Å². The summed E-state index contributed by atoms with van der Waals surface area (Å²) in [5.74, 6) is -0.0208. The number of ether oxygens (including phenoxy) is 1. The van der Waals surface area contributed by atoms with Gasteiger partial charge in [-0.25, -0.2) is 19.6 Å². The molecule has 0 fully saturated rings. The van der Waals surface area contributed by atoms with Crippen molar-refractivity contribution in [3.8, 4) is 0 Å². The molecule has 0 saturated heterocycles. The average molecular weight is 761 g/mol. The van der Waals surface area contributed by atoms with E-state index >= 15 is 0 Å². The molecule has 0 saturated carbocycles. The molecule has 5 N–H and O–H groups in total. The van der Waals surface area contributed by atoms with Gasteiger partial charge in [-0.05, 0) is 43.1 Å². The Morgan fingerprint density at radius 2 is 1.57 bits per heavy atom. The number of alkyl carbamates (subject to hydrolysis) is 1. The summed E-state index contributed by atoms with van der Waals surface area (Å²) in [6, 6.07) is 18.0. The van der Waals surface area contributed by atoms with Crippen LogP contribution in [0, 0.1) is 0 Å². The van der Waals surface area contributed by atoms with Gasteiger partial charge in [-0.2, -0.15) is 0 Å². The first-order chi connectivity index (χ1) is 25.5. The number of imidazole rings is 1. The number of hydrogen-bond donors (Lipinski definition) is 4. The van der Waals surface area contributed by atoms with Crippen LogP contribution in [0.3, 0.4) is 0 Å². The molecule has 284 valence electrons. The molecule has 0 bridgehead atoms. The van der Waals surface area contributed by atoms with Crippen molar-refractivity contribution in [1.82, 2.24) is 35.4 Å². The summed E-state index contributed by atoms with van der Waals surface area (Å²) < 4.78 is 7.28. The van der Waals surface area contributed by atoms with Crippen LogP contribution in [0.25, 0.3) is 0 Å². The quantitative estimate of drug-likeness (QED) is 0.0941. The summed E-state index contributed by atoms with van der Waals surface area (Å²) >= 11 is 2.99. The second-order valence-electron chi connectivity index (χ2n) is 13.3. The van der Waals surface area contributed by atoms with Gasteiger partial charge in [0.2, 0.25) is 5.91 Å². The van der Waals surface area contributed by atoms with Crippen LogP contribution in [0.1, 0.15) is 60.1 Å². The molecule has 0 radical (unpaired) electrons. The highest BCUT2D eigenvalue weighted by atomic mass is 32.2. The molecule has 53 heavy (non-hydrogen) atoms. The van der Waals surface area contributed by atoms with Crippen molar-refractivity contribution in [2.75, 3.05) is 19.9 Å². The molecule has 4 amide bonds. The van der Waals surface area contributed by atoms with Crippen molar-refractivity contribution in [1.29, 1.82) is 0 Å². The number of nitrogens with two attached hydrogens (primary N) is 1. The van der Waals surface area contributed by atoms with E-state index in [9.17, 15) is 14.4 Å². The van der Waals surface area contributed by atoms with Gasteiger partial charge in [0.05, 0.1) is 29.3 Å². The molecule has 2 aromatic carbocycles. The van der Waals surface area contributed by atoms with E-state index < -0.39 is 12.1 Å². The topological polar surface area (TPSA) is 156 Å². The van der Waals surface area contributed by atoms with Crippen LogP contribution in [0.15, 0.2) is 89.7 Å². The van der Waals surface area contributed by atoms with E-state index in [2.05, 4.69) is 39.8 Å². The van der Waals surface area contributed by atoms with E-state index in [1.807, 2.05) is 90.1 Å². The summed E-state index contributed by atoms with van der Waals surface area (Å²) in [6.45, 7) is 4.56. The van der Waals surface area contributed by atoms with Gasteiger partial charge in [0.25, 0.3) is 0 Å². The third kappa shape index (κ3) is 13.9. The van der Waals surface area contributed by atoms with E-state index in [1.165, 1.54) is 22.9 Å². The molecule has 0 aliphatic carbocycles. The van der Waals surface area contributed by atoms with Gasteiger partial charge < -0.3 is 35.9 Å². The number of thioether (sulfide) groups is 1. The van der Waals surface area contributed by atoms with Crippen LogP contribution in [0.5, 0.6) is 0 Å². The number of urea groups is 1. The SMILES string of the molecule is CS/C(=C\N)COC(=O)NC(CCC(Cc1ccccc1)NC(=O)C(Cc1cn(C)cn1)NC(=O)N(C)Cc1csc(C(C)C)n1)Cc1ccccc1. The monoisotopic (exact) mass is 760 g/mol. The van der Waals surface area contributed by atoms with Crippen molar-refractivity contribution in [2.45, 2.75) is 76.5 Å². The Labute approximate surface area is 321 Å². The zero-order chi connectivity index (χ0) is 38.2. The Balaban J connectivity index is 1.50. The average Bonchev–Trinajstić information content (AvgIpc) is 3.80. The first kappa shape index (κ1) is 40.9. The normalized spacial score (nSPS) is 13.2. The lowest BCUT2D eigenvalue weighted by molar-refractivity contribution is -0.123. The Hall–Kier alpha value is -4.82. The molecule has 4 aromatic rings. The van der Waals surface area contributed by atoms with Gasteiger partial charge in [0, 0.05) is 61.2 Å². The summed E-state index contributed by atoms with van der Waals surface area (Å²) in [7, 11) is 3.55. The van der Waals surface area contributed by atoms with Gasteiger partial charge in [-0.1, -0.05) is 74.5 Å². The highest BCUT2D eigenvalue weighted by Crippen LogP contribution is 2.20. The second-order valence-corrected chi connectivity index (χ2v) is 15.2. The number of carbonyl (C=O) groups excluding carboxylic acids is 3. The van der Waals surface area contributed by atoms with Gasteiger partial charge >= 0.3 is 12.1 Å². The number of carbonyl (C=O) groups is 3. The Morgan fingerprint density at radius 1 is 0.943 bits per heavy atom. The molecular weight excluding hydrogens is 709 g/mol. The van der Waals surface area contributed by atoms with E-state index in [-0.39, 0.29) is 37.0 Å². The Morgan fingerprint density at radius 3 is 2.09 bits per heavy atom. The zero-order valence-electron chi connectivity index (χ0n) is 31.2. The predicted octanol–water partition coefficient (Wildman–Crippen LogP) is 5.76. The summed E-state index contributed by atoms with van der Waals surface area (Å²) in [4.78, 5) is 52.0. The maximum absolute atomic E-state index is 14.2. The van der Waals surface area contributed by atoms with Crippen molar-refractivity contribution >= 4 is 41.1 Å². The van der Waals surface area contributed by atoms with E-state index in [0.717, 1.165) is 26.7 Å². The van der Waals surface area contributed by atoms with E-state index in [1.54, 1.807) is 24.7 Å². The molecule has 14 heteroatoms. The number of amides is 4. The third-order valence-corrected chi connectivity index (χ3v) is 10.5. The maximum atomic E-state index is 14.2. The van der Waals surface area contributed by atoms with Crippen LogP contribution >= 0.6 is 23.1 Å². The van der Waals surface area contributed by atoms with E-state index in [4.69, 9.17) is 10.5 Å². The second kappa shape index (κ2) is 21.0. The van der Waals surface area contributed by atoms with Crippen molar-refractivity contribution in [2.24, 2.45) is 12.8 Å². The first-order valence-corrected chi connectivity index (χ1v) is 19.8. The minimum atomic E-state index is -0.894. The van der Waals surface area contributed by atoms with Crippen LogP contribution < -0.4 is 21.7 Å². The molecule has 4 rings (SSSR count). The molecule has 0 aliphatic rings. The summed E-state index contributed by atoms with van der Waals surface area (Å²) in [6.07, 6.45) is 8.71. The smallest absolute Gasteiger partial charge is 0.407 e. The lowest BCUT2D eigenvalue weighted by atomic mass is 9.95. The molecule has 0 spiro atoms. The predicted molar refractivity (Wildman–Crippen MR) is 212 cm³/mol. The molecule has 2 aromatic heterocycles. The van der Waals surface area contributed by atoms with Gasteiger partial charge in [-0.15, -0.1) is 23.1 Å². The van der Waals surface area contributed by atoms with E-state index in [0.29, 0.717) is 43.8 Å². The molecule has 0 aliphatic heterocycles. The number of aryl methyl sites for hydroxylation is 1. The standard InChI is InChI=1S/C39H52N8O4S2/c1-27(2)37-43-33(25-53-37)23-47(4)38(49)45-35(20-32-22-46(3)26-41-32)36(48)42-30(18-28-12-8-6-9-13-28)16-17-31(19-29-14-10-7-11-15-29)44-39(50)51-24-34(21-40)52-5/h6-15,21-22,25-27,30-31,35H,16-20,23-24,40H2,1-5H3,(H,42,48)(H,44,50)(H,45,49)/b34-21-. The highest BCUT2D eigenvalue weighted by molar-refractivity contribution is 8.02. The third-order valence-electron chi connectivity index (χ3n) is 8.57. The zero-order valence-corrected chi connectivity index (χ0v) is 32.8. The Kier molecular flexibility index (Phi) is 16.2. The fourth-order valence-electron chi connectivity index (χ4n) is 5.70. The number of benzene rings is 2. The molecule has 3 unspecified atom stereocenters. The van der Waals surface area contributed by atoms with Gasteiger partial charge in [0.15, 0.2) is 0 Å². The van der Waals surface area contributed by atoms with Gasteiger partial charge in [-0.3, -0.25) is 4.79 Å². The number of thiazole rings is 1. The molecule has 12 nitrogen and oxygen atoms in total. The fraction of sp³-hybridized carbons (Fsp3) is 0.410. The highest BCUT2D eigenvalue weighted by Gasteiger charge is 2.27. The number of rotatable bonds is 19. The van der Waals surface area contributed by atoms with Crippen molar-refractivity contribution in [3.63, 3.8) is 0 Å². The van der Waals surface area contributed by atoms with Crippen LogP contribution in [0.2, 0.25) is 0 Å². The Bertz CT molecular complexity index is 1760. The molecule has 3 atom stereocenters. The van der Waals surface area contributed by atoms with Crippen LogP contribution in [-0.4, -0.2) is 75.5 Å². The number of nitrogens with zero attached hydrogens (tertiary/aromatic N) is 4. The lowest BCUT2D eigenvalue weighted by Gasteiger charge is -2.27. The summed E-state index contributed by atoms with van der Waals surface area (Å²) in [5.41, 5.74) is 9.24. The minimum Gasteiger partial charge on any atom is -0.444 e.